The lowest BCUT2D eigenvalue weighted by atomic mass is 9.99. The number of likely N-dealkylation sites (tertiary alicyclic amines) is 1. The summed E-state index contributed by atoms with van der Waals surface area (Å²) in [7, 11) is -3.45. The Bertz CT molecular complexity index is 938. The van der Waals surface area contributed by atoms with Crippen LogP contribution in [0, 0.1) is 5.92 Å². The average Bonchev–Trinajstić information content (AvgIpc) is 2.76. The van der Waals surface area contributed by atoms with Crippen molar-refractivity contribution in [2.45, 2.75) is 32.7 Å². The first-order valence-electron chi connectivity index (χ1n) is 10.9. The molecule has 1 amide bonds. The fraction of sp³-hybridized carbons (Fsp3) is 0.458. The molecule has 0 aliphatic carbocycles. The van der Waals surface area contributed by atoms with E-state index in [1.165, 1.54) is 23.4 Å². The minimum atomic E-state index is -3.45. The molecule has 0 atom stereocenters. The molecular formula is C24H33N3O3S. The van der Waals surface area contributed by atoms with Crippen molar-refractivity contribution in [2.24, 2.45) is 5.92 Å². The van der Waals surface area contributed by atoms with Crippen LogP contribution in [-0.2, 0) is 16.6 Å². The molecule has 0 aromatic heterocycles. The van der Waals surface area contributed by atoms with Crippen LogP contribution in [0.3, 0.4) is 0 Å². The van der Waals surface area contributed by atoms with Gasteiger partial charge in [0.25, 0.3) is 5.91 Å². The second-order valence-corrected chi connectivity index (χ2v) is 10.3. The standard InChI is InChI=1S/C24H33N3O3S/c1-20-13-17-26(18-14-20)16-6-15-25-24(28)22-9-11-23(12-10-22)27(31(2,29)30)19-21-7-4-3-5-8-21/h3-5,7-12,20H,6,13-19H2,1-2H3,(H,25,28). The van der Waals surface area contributed by atoms with Crippen molar-refractivity contribution in [1.82, 2.24) is 10.2 Å². The Morgan fingerprint density at radius 2 is 1.71 bits per heavy atom. The van der Waals surface area contributed by atoms with E-state index in [2.05, 4.69) is 17.1 Å². The van der Waals surface area contributed by atoms with E-state index in [1.54, 1.807) is 24.3 Å². The van der Waals surface area contributed by atoms with Crippen LogP contribution >= 0.6 is 0 Å². The molecule has 2 aromatic rings. The number of amides is 1. The summed E-state index contributed by atoms with van der Waals surface area (Å²) in [5.41, 5.74) is 1.98. The van der Waals surface area contributed by atoms with E-state index < -0.39 is 10.0 Å². The van der Waals surface area contributed by atoms with Gasteiger partial charge in [-0.15, -0.1) is 0 Å². The van der Waals surface area contributed by atoms with Gasteiger partial charge in [-0.25, -0.2) is 8.42 Å². The van der Waals surface area contributed by atoms with E-state index >= 15 is 0 Å². The highest BCUT2D eigenvalue weighted by atomic mass is 32.2. The van der Waals surface area contributed by atoms with Gasteiger partial charge in [-0.3, -0.25) is 9.10 Å². The van der Waals surface area contributed by atoms with Gasteiger partial charge in [-0.05, 0) is 74.6 Å². The van der Waals surface area contributed by atoms with Crippen molar-refractivity contribution >= 4 is 21.6 Å². The Morgan fingerprint density at radius 1 is 1.06 bits per heavy atom. The number of nitrogens with one attached hydrogen (secondary N) is 1. The SMILES string of the molecule is CC1CCN(CCCNC(=O)c2ccc(N(Cc3ccccc3)S(C)(=O)=O)cc2)CC1. The maximum absolute atomic E-state index is 12.5. The molecule has 1 fully saturated rings. The normalized spacial score (nSPS) is 15.5. The van der Waals surface area contributed by atoms with Gasteiger partial charge in [0.15, 0.2) is 0 Å². The number of nitrogens with zero attached hydrogens (tertiary/aromatic N) is 2. The molecule has 1 saturated heterocycles. The number of rotatable bonds is 9. The predicted molar refractivity (Wildman–Crippen MR) is 126 cm³/mol. The lowest BCUT2D eigenvalue weighted by Gasteiger charge is -2.30. The number of anilines is 1. The van der Waals surface area contributed by atoms with E-state index in [0.717, 1.165) is 37.5 Å². The van der Waals surface area contributed by atoms with Crippen LogP contribution in [0.15, 0.2) is 54.6 Å². The minimum Gasteiger partial charge on any atom is -0.352 e. The van der Waals surface area contributed by atoms with Crippen LogP contribution in [0.2, 0.25) is 0 Å². The Labute approximate surface area is 186 Å². The fourth-order valence-corrected chi connectivity index (χ4v) is 4.71. The molecule has 1 aliphatic rings. The number of carbonyl (C=O) groups excluding carboxylic acids is 1. The summed E-state index contributed by atoms with van der Waals surface area (Å²) in [4.78, 5) is 14.9. The lowest BCUT2D eigenvalue weighted by molar-refractivity contribution is 0.0950. The van der Waals surface area contributed by atoms with Gasteiger partial charge in [0.05, 0.1) is 18.5 Å². The van der Waals surface area contributed by atoms with Crippen molar-refractivity contribution in [3.8, 4) is 0 Å². The third kappa shape index (κ3) is 7.08. The predicted octanol–water partition coefficient (Wildman–Crippen LogP) is 3.50. The maximum Gasteiger partial charge on any atom is 0.251 e. The quantitative estimate of drug-likeness (QED) is 0.602. The molecule has 0 saturated carbocycles. The number of hydrogen-bond acceptors (Lipinski definition) is 4. The number of piperidine rings is 1. The van der Waals surface area contributed by atoms with Gasteiger partial charge in [0.2, 0.25) is 10.0 Å². The molecule has 2 aromatic carbocycles. The zero-order valence-corrected chi connectivity index (χ0v) is 19.3. The molecular weight excluding hydrogens is 410 g/mol. The van der Waals surface area contributed by atoms with E-state index in [-0.39, 0.29) is 12.5 Å². The highest BCUT2D eigenvalue weighted by molar-refractivity contribution is 7.92. The molecule has 1 heterocycles. The molecule has 3 rings (SSSR count). The Morgan fingerprint density at radius 3 is 2.32 bits per heavy atom. The smallest absolute Gasteiger partial charge is 0.251 e. The van der Waals surface area contributed by atoms with Crippen LogP contribution in [0.25, 0.3) is 0 Å². The second-order valence-electron chi connectivity index (χ2n) is 8.44. The van der Waals surface area contributed by atoms with Crippen molar-refractivity contribution in [3.05, 3.63) is 65.7 Å². The second kappa shape index (κ2) is 10.8. The van der Waals surface area contributed by atoms with E-state index in [4.69, 9.17) is 0 Å². The van der Waals surface area contributed by atoms with Gasteiger partial charge >= 0.3 is 0 Å². The largest absolute Gasteiger partial charge is 0.352 e. The summed E-state index contributed by atoms with van der Waals surface area (Å²) >= 11 is 0. The van der Waals surface area contributed by atoms with Crippen LogP contribution in [-0.4, -0.2) is 51.7 Å². The zero-order chi connectivity index (χ0) is 22.3. The number of hydrogen-bond donors (Lipinski definition) is 1. The summed E-state index contributed by atoms with van der Waals surface area (Å²) in [5.74, 6) is 0.693. The van der Waals surface area contributed by atoms with Crippen molar-refractivity contribution < 1.29 is 13.2 Å². The molecule has 1 N–H and O–H groups in total. The first kappa shape index (κ1) is 23.3. The fourth-order valence-electron chi connectivity index (χ4n) is 3.82. The van der Waals surface area contributed by atoms with E-state index in [9.17, 15) is 13.2 Å². The Kier molecular flexibility index (Phi) is 8.09. The number of benzene rings is 2. The van der Waals surface area contributed by atoms with Crippen LogP contribution in [0.5, 0.6) is 0 Å². The molecule has 7 heteroatoms. The number of carbonyl (C=O) groups is 1. The van der Waals surface area contributed by atoms with Crippen molar-refractivity contribution in [1.29, 1.82) is 0 Å². The summed E-state index contributed by atoms with van der Waals surface area (Å²) in [6.45, 7) is 6.50. The first-order valence-corrected chi connectivity index (χ1v) is 12.8. The summed E-state index contributed by atoms with van der Waals surface area (Å²) < 4.78 is 26.0. The molecule has 31 heavy (non-hydrogen) atoms. The molecule has 0 spiro atoms. The van der Waals surface area contributed by atoms with Crippen LogP contribution < -0.4 is 9.62 Å². The van der Waals surface area contributed by atoms with Crippen LogP contribution in [0.4, 0.5) is 5.69 Å². The van der Waals surface area contributed by atoms with Gasteiger partial charge in [0, 0.05) is 12.1 Å². The summed E-state index contributed by atoms with van der Waals surface area (Å²) in [5, 5.41) is 2.97. The molecule has 168 valence electrons. The molecule has 1 aliphatic heterocycles. The van der Waals surface area contributed by atoms with E-state index in [1.807, 2.05) is 30.3 Å². The summed E-state index contributed by atoms with van der Waals surface area (Å²) in [6, 6.07) is 16.2. The molecule has 6 nitrogen and oxygen atoms in total. The molecule has 0 unspecified atom stereocenters. The highest BCUT2D eigenvalue weighted by Crippen LogP contribution is 2.21. The monoisotopic (exact) mass is 443 g/mol. The van der Waals surface area contributed by atoms with E-state index in [0.29, 0.717) is 17.8 Å². The third-order valence-corrected chi connectivity index (χ3v) is 6.94. The topological polar surface area (TPSA) is 69.7 Å². The molecule has 0 bridgehead atoms. The minimum absolute atomic E-state index is 0.132. The van der Waals surface area contributed by atoms with Gasteiger partial charge < -0.3 is 10.2 Å². The summed E-state index contributed by atoms with van der Waals surface area (Å²) in [6.07, 6.45) is 4.64. The van der Waals surface area contributed by atoms with Gasteiger partial charge in [-0.1, -0.05) is 37.3 Å². The van der Waals surface area contributed by atoms with Crippen molar-refractivity contribution in [2.75, 3.05) is 36.7 Å². The Balaban J connectivity index is 1.53. The van der Waals surface area contributed by atoms with Crippen molar-refractivity contribution in [3.63, 3.8) is 0 Å². The Hall–Kier alpha value is -2.38. The molecule has 0 radical (unpaired) electrons. The average molecular weight is 444 g/mol. The highest BCUT2D eigenvalue weighted by Gasteiger charge is 2.19. The van der Waals surface area contributed by atoms with Crippen LogP contribution in [0.1, 0.15) is 42.1 Å². The van der Waals surface area contributed by atoms with Gasteiger partial charge in [-0.2, -0.15) is 0 Å². The third-order valence-electron chi connectivity index (χ3n) is 5.80. The lowest BCUT2D eigenvalue weighted by Crippen LogP contribution is -2.35. The number of sulfonamides is 1. The first-order chi connectivity index (χ1) is 14.8. The maximum atomic E-state index is 12.5. The van der Waals surface area contributed by atoms with Gasteiger partial charge in [0.1, 0.15) is 0 Å². The zero-order valence-electron chi connectivity index (χ0n) is 18.5.